The number of nitrogens with two attached hydrogens (primary N) is 1. The molecule has 0 saturated carbocycles. The first-order valence-corrected chi connectivity index (χ1v) is 7.53. The van der Waals surface area contributed by atoms with Gasteiger partial charge in [0.1, 0.15) is 0 Å². The number of nitrogens with one attached hydrogen (secondary N) is 1. The molecule has 0 spiro atoms. The van der Waals surface area contributed by atoms with Crippen LogP contribution in [0.5, 0.6) is 0 Å². The molecule has 0 atom stereocenters. The van der Waals surface area contributed by atoms with Crippen LogP contribution in [-0.4, -0.2) is 34.7 Å². The molecule has 0 saturated heterocycles. The van der Waals surface area contributed by atoms with Gasteiger partial charge < -0.3 is 11.1 Å². The van der Waals surface area contributed by atoms with Gasteiger partial charge >= 0.3 is 0 Å². The van der Waals surface area contributed by atoms with E-state index in [0.29, 0.717) is 12.3 Å². The standard InChI is InChI=1S/C15H26F2N4O.ClH/c1-10(2)7-21-12(4)13(11(3)20-21)5-6-14(22)19-9-15(16,17)8-18;/h10H,5-9,18H2,1-4H3,(H,19,22);1H. The minimum absolute atomic E-state index is 0. The van der Waals surface area contributed by atoms with Gasteiger partial charge in [0.15, 0.2) is 0 Å². The Kier molecular flexibility index (Phi) is 8.69. The molecule has 0 aliphatic carbocycles. The molecule has 8 heteroatoms. The normalized spacial score (nSPS) is 11.5. The molecule has 0 unspecified atom stereocenters. The topological polar surface area (TPSA) is 72.9 Å². The van der Waals surface area contributed by atoms with Gasteiger partial charge in [-0.3, -0.25) is 9.48 Å². The van der Waals surface area contributed by atoms with E-state index in [1.54, 1.807) is 0 Å². The summed E-state index contributed by atoms with van der Waals surface area (Å²) in [5.74, 6) is -2.97. The monoisotopic (exact) mass is 352 g/mol. The van der Waals surface area contributed by atoms with Gasteiger partial charge in [0.2, 0.25) is 5.91 Å². The van der Waals surface area contributed by atoms with Crippen molar-refractivity contribution in [1.82, 2.24) is 15.1 Å². The molecule has 23 heavy (non-hydrogen) atoms. The molecule has 0 bridgehead atoms. The summed E-state index contributed by atoms with van der Waals surface area (Å²) in [6.07, 6.45) is 0.658. The van der Waals surface area contributed by atoms with Gasteiger partial charge in [-0.15, -0.1) is 12.4 Å². The highest BCUT2D eigenvalue weighted by atomic mass is 35.5. The average molecular weight is 353 g/mol. The van der Waals surface area contributed by atoms with Crippen LogP contribution in [0.25, 0.3) is 0 Å². The number of alkyl halides is 2. The first kappa shape index (κ1) is 21.8. The second kappa shape index (κ2) is 9.17. The van der Waals surface area contributed by atoms with Gasteiger partial charge in [-0.25, -0.2) is 8.78 Å². The minimum atomic E-state index is -3.05. The summed E-state index contributed by atoms with van der Waals surface area (Å²) in [6.45, 7) is 7.43. The Morgan fingerprint density at radius 3 is 2.52 bits per heavy atom. The van der Waals surface area contributed by atoms with Crippen molar-refractivity contribution >= 4 is 18.3 Å². The molecule has 1 heterocycles. The fourth-order valence-corrected chi connectivity index (χ4v) is 2.25. The van der Waals surface area contributed by atoms with Crippen molar-refractivity contribution in [3.63, 3.8) is 0 Å². The van der Waals surface area contributed by atoms with E-state index in [0.717, 1.165) is 23.5 Å². The Balaban J connectivity index is 0.00000484. The van der Waals surface area contributed by atoms with Gasteiger partial charge in [0.05, 0.1) is 18.8 Å². The van der Waals surface area contributed by atoms with E-state index in [-0.39, 0.29) is 18.8 Å². The zero-order valence-corrected chi connectivity index (χ0v) is 15.0. The van der Waals surface area contributed by atoms with Crippen LogP contribution in [0.3, 0.4) is 0 Å². The van der Waals surface area contributed by atoms with E-state index in [1.807, 2.05) is 18.5 Å². The number of carbonyl (C=O) groups excluding carboxylic acids is 1. The number of aromatic nitrogens is 2. The van der Waals surface area contributed by atoms with Crippen LogP contribution >= 0.6 is 12.4 Å². The first-order chi connectivity index (χ1) is 10.2. The van der Waals surface area contributed by atoms with Gasteiger partial charge in [0.25, 0.3) is 5.92 Å². The zero-order valence-electron chi connectivity index (χ0n) is 14.2. The third-order valence-electron chi connectivity index (χ3n) is 3.51. The maximum atomic E-state index is 13.0. The van der Waals surface area contributed by atoms with Crippen LogP contribution in [0.1, 0.15) is 37.2 Å². The summed E-state index contributed by atoms with van der Waals surface area (Å²) in [5.41, 5.74) is 7.86. The molecule has 0 aliphatic rings. The Morgan fingerprint density at radius 2 is 2.00 bits per heavy atom. The largest absolute Gasteiger partial charge is 0.350 e. The van der Waals surface area contributed by atoms with Crippen molar-refractivity contribution in [3.8, 4) is 0 Å². The Morgan fingerprint density at radius 1 is 1.39 bits per heavy atom. The highest BCUT2D eigenvalue weighted by molar-refractivity contribution is 5.85. The Hall–Kier alpha value is -1.21. The lowest BCUT2D eigenvalue weighted by atomic mass is 10.1. The summed E-state index contributed by atoms with van der Waals surface area (Å²) < 4.78 is 27.9. The Labute approximate surface area is 142 Å². The van der Waals surface area contributed by atoms with Crippen LogP contribution in [0.4, 0.5) is 8.78 Å². The van der Waals surface area contributed by atoms with Crippen LogP contribution < -0.4 is 11.1 Å². The van der Waals surface area contributed by atoms with Crippen LogP contribution in [0.2, 0.25) is 0 Å². The van der Waals surface area contributed by atoms with Crippen LogP contribution in [0, 0.1) is 19.8 Å². The molecule has 1 amide bonds. The zero-order chi connectivity index (χ0) is 16.9. The quantitative estimate of drug-likeness (QED) is 0.753. The molecule has 134 valence electrons. The minimum Gasteiger partial charge on any atom is -0.350 e. The molecule has 1 rings (SSSR count). The van der Waals surface area contributed by atoms with Crippen molar-refractivity contribution in [3.05, 3.63) is 17.0 Å². The van der Waals surface area contributed by atoms with E-state index < -0.39 is 24.9 Å². The van der Waals surface area contributed by atoms with Crippen molar-refractivity contribution in [2.45, 2.75) is 53.0 Å². The van der Waals surface area contributed by atoms with Crippen LogP contribution in [-0.2, 0) is 17.8 Å². The van der Waals surface area contributed by atoms with E-state index in [4.69, 9.17) is 5.73 Å². The van der Waals surface area contributed by atoms with E-state index in [2.05, 4.69) is 24.3 Å². The maximum absolute atomic E-state index is 13.0. The summed E-state index contributed by atoms with van der Waals surface area (Å²) in [7, 11) is 0. The SMILES string of the molecule is Cc1nn(CC(C)C)c(C)c1CCC(=O)NCC(F)(F)CN.Cl. The van der Waals surface area contributed by atoms with Gasteiger partial charge in [-0.1, -0.05) is 13.8 Å². The number of hydrogen-bond donors (Lipinski definition) is 2. The number of carbonyl (C=O) groups is 1. The lowest BCUT2D eigenvalue weighted by Crippen LogP contribution is -2.41. The molecular formula is C15H27ClF2N4O. The van der Waals surface area contributed by atoms with Gasteiger partial charge in [-0.2, -0.15) is 5.10 Å². The number of rotatable bonds is 8. The fraction of sp³-hybridized carbons (Fsp3) is 0.733. The smallest absolute Gasteiger partial charge is 0.277 e. The van der Waals surface area contributed by atoms with Crippen molar-refractivity contribution < 1.29 is 13.6 Å². The van der Waals surface area contributed by atoms with E-state index >= 15 is 0 Å². The molecule has 3 N–H and O–H groups in total. The molecule has 0 radical (unpaired) electrons. The number of hydrogen-bond acceptors (Lipinski definition) is 3. The van der Waals surface area contributed by atoms with Gasteiger partial charge in [-0.05, 0) is 31.7 Å². The number of nitrogens with zero attached hydrogens (tertiary/aromatic N) is 2. The summed E-state index contributed by atoms with van der Waals surface area (Å²) >= 11 is 0. The van der Waals surface area contributed by atoms with Crippen LogP contribution in [0.15, 0.2) is 0 Å². The predicted molar refractivity (Wildman–Crippen MR) is 89.1 cm³/mol. The predicted octanol–water partition coefficient (Wildman–Crippen LogP) is 2.22. The second-order valence-corrected chi connectivity index (χ2v) is 6.06. The number of aryl methyl sites for hydroxylation is 1. The summed E-state index contributed by atoms with van der Waals surface area (Å²) in [5, 5.41) is 6.70. The fourth-order valence-electron chi connectivity index (χ4n) is 2.25. The highest BCUT2D eigenvalue weighted by Gasteiger charge is 2.27. The third kappa shape index (κ3) is 6.83. The van der Waals surface area contributed by atoms with Crippen molar-refractivity contribution in [2.24, 2.45) is 11.7 Å². The van der Waals surface area contributed by atoms with E-state index in [9.17, 15) is 13.6 Å². The molecule has 0 aromatic carbocycles. The Bertz CT molecular complexity index is 518. The van der Waals surface area contributed by atoms with E-state index in [1.165, 1.54) is 0 Å². The molecule has 5 nitrogen and oxygen atoms in total. The summed E-state index contributed by atoms with van der Waals surface area (Å²) in [6, 6.07) is 0. The molecule has 1 aromatic rings. The summed E-state index contributed by atoms with van der Waals surface area (Å²) in [4.78, 5) is 11.7. The molecule has 1 aromatic heterocycles. The number of amides is 1. The van der Waals surface area contributed by atoms with Gasteiger partial charge in [0, 0.05) is 18.7 Å². The molecule has 0 aliphatic heterocycles. The lowest BCUT2D eigenvalue weighted by molar-refractivity contribution is -0.122. The second-order valence-electron chi connectivity index (χ2n) is 6.06. The van der Waals surface area contributed by atoms with Crippen molar-refractivity contribution in [1.29, 1.82) is 0 Å². The molecule has 0 fully saturated rings. The number of halogens is 3. The first-order valence-electron chi connectivity index (χ1n) is 7.53. The highest BCUT2D eigenvalue weighted by Crippen LogP contribution is 2.16. The lowest BCUT2D eigenvalue weighted by Gasteiger charge is -2.14. The van der Waals surface area contributed by atoms with Crippen molar-refractivity contribution in [2.75, 3.05) is 13.1 Å². The molecular weight excluding hydrogens is 326 g/mol. The average Bonchev–Trinajstić information content (AvgIpc) is 2.68. The maximum Gasteiger partial charge on any atom is 0.277 e. The third-order valence-corrected chi connectivity index (χ3v) is 3.51.